The standard InChI is InChI=1S/C16H13OTe/c1-3-8-14(9-4-1)16-12-7-13-18(17-16)15-10-5-2-6-11-15/h1-13H/q+1. The Hall–Kier alpha value is -1.49. The van der Waals surface area contributed by atoms with Crippen LogP contribution in [0.1, 0.15) is 5.56 Å². The van der Waals surface area contributed by atoms with E-state index >= 15 is 0 Å². The molecule has 1 nitrogen and oxygen atoms in total. The van der Waals surface area contributed by atoms with Gasteiger partial charge in [0.25, 0.3) is 0 Å². The normalized spacial score (nSPS) is 15.0. The third-order valence-electron chi connectivity index (χ3n) is 2.66. The van der Waals surface area contributed by atoms with Crippen molar-refractivity contribution in [1.29, 1.82) is 0 Å². The molecule has 0 unspecified atom stereocenters. The molecule has 0 bridgehead atoms. The molecule has 2 aromatic rings. The zero-order valence-corrected chi connectivity index (χ0v) is 12.2. The van der Waals surface area contributed by atoms with Crippen LogP contribution in [0.3, 0.4) is 0 Å². The fourth-order valence-electron chi connectivity index (χ4n) is 1.78. The van der Waals surface area contributed by atoms with Crippen molar-refractivity contribution >= 4 is 28.9 Å². The minimum atomic E-state index is -1.79. The van der Waals surface area contributed by atoms with Crippen molar-refractivity contribution in [2.24, 2.45) is 0 Å². The average Bonchev–Trinajstić information content (AvgIpc) is 2.49. The van der Waals surface area contributed by atoms with E-state index in [-0.39, 0.29) is 0 Å². The van der Waals surface area contributed by atoms with Crippen LogP contribution in [0, 0.1) is 0 Å². The van der Waals surface area contributed by atoms with E-state index in [0.29, 0.717) is 0 Å². The van der Waals surface area contributed by atoms with Crippen molar-refractivity contribution in [3.8, 4) is 0 Å². The van der Waals surface area contributed by atoms with Gasteiger partial charge in [0.1, 0.15) is 0 Å². The van der Waals surface area contributed by atoms with E-state index in [4.69, 9.17) is 2.73 Å². The quantitative estimate of drug-likeness (QED) is 0.584. The van der Waals surface area contributed by atoms with Crippen molar-refractivity contribution in [3.63, 3.8) is 0 Å². The van der Waals surface area contributed by atoms with Gasteiger partial charge in [0.2, 0.25) is 0 Å². The number of allylic oxidation sites excluding steroid dienone is 2. The van der Waals surface area contributed by atoms with Gasteiger partial charge in [-0.3, -0.25) is 0 Å². The van der Waals surface area contributed by atoms with Crippen molar-refractivity contribution in [2.75, 3.05) is 0 Å². The zero-order valence-electron chi connectivity index (χ0n) is 9.82. The average molecular weight is 349 g/mol. The van der Waals surface area contributed by atoms with Gasteiger partial charge in [-0.05, 0) is 0 Å². The molecule has 0 saturated carbocycles. The van der Waals surface area contributed by atoms with E-state index in [1.807, 2.05) is 24.3 Å². The van der Waals surface area contributed by atoms with E-state index in [2.05, 4.69) is 52.7 Å². The van der Waals surface area contributed by atoms with E-state index in [1.165, 1.54) is 3.61 Å². The maximum atomic E-state index is 6.20. The second-order valence-electron chi connectivity index (χ2n) is 3.92. The molecule has 1 aliphatic rings. The van der Waals surface area contributed by atoms with Gasteiger partial charge in [-0.15, -0.1) is 0 Å². The molecule has 88 valence electrons. The Morgan fingerprint density at radius 2 is 1.44 bits per heavy atom. The molecule has 0 saturated heterocycles. The first kappa shape index (κ1) is 11.6. The third kappa shape index (κ3) is 2.51. The second kappa shape index (κ2) is 5.44. The van der Waals surface area contributed by atoms with Gasteiger partial charge >= 0.3 is 114 Å². The van der Waals surface area contributed by atoms with Gasteiger partial charge in [0.05, 0.1) is 0 Å². The zero-order chi connectivity index (χ0) is 12.2. The first-order valence-electron chi connectivity index (χ1n) is 5.84. The molecule has 1 heterocycles. The first-order valence-corrected chi connectivity index (χ1v) is 9.30. The Bertz CT molecular complexity index is 584. The third-order valence-corrected chi connectivity index (χ3v) is 6.94. The summed E-state index contributed by atoms with van der Waals surface area (Å²) < 4.78 is 9.79. The summed E-state index contributed by atoms with van der Waals surface area (Å²) in [5.41, 5.74) is 1.16. The Morgan fingerprint density at radius 3 is 2.17 bits per heavy atom. The SMILES string of the molecule is C1=C[Te](c2ccccc2)=[O+]C(c2ccccc2)=C1. The van der Waals surface area contributed by atoms with E-state index in [0.717, 1.165) is 11.3 Å². The summed E-state index contributed by atoms with van der Waals surface area (Å²) in [7, 11) is 0. The molecule has 0 spiro atoms. The van der Waals surface area contributed by atoms with Crippen LogP contribution in [0.4, 0.5) is 0 Å². The van der Waals surface area contributed by atoms with Crippen molar-refractivity contribution in [1.82, 2.24) is 0 Å². The van der Waals surface area contributed by atoms with Gasteiger partial charge in [-0.2, -0.15) is 0 Å². The van der Waals surface area contributed by atoms with Crippen molar-refractivity contribution in [2.45, 2.75) is 0 Å². The molecule has 0 aromatic heterocycles. The number of benzene rings is 2. The molecule has 18 heavy (non-hydrogen) atoms. The topological polar surface area (TPSA) is 11.3 Å². The second-order valence-corrected chi connectivity index (χ2v) is 8.21. The van der Waals surface area contributed by atoms with Crippen LogP contribution in [-0.2, 0) is 2.73 Å². The summed E-state index contributed by atoms with van der Waals surface area (Å²) in [5.74, 6) is 0.999. The van der Waals surface area contributed by atoms with Gasteiger partial charge in [0.15, 0.2) is 0 Å². The van der Waals surface area contributed by atoms with Crippen molar-refractivity contribution in [3.05, 3.63) is 82.5 Å². The molecule has 2 aromatic carbocycles. The summed E-state index contributed by atoms with van der Waals surface area (Å²) in [6.07, 6.45) is 4.19. The molecular formula is C16H13OTe+. The van der Waals surface area contributed by atoms with Crippen LogP contribution in [0.15, 0.2) is 76.9 Å². The number of hydrogen-bond donors (Lipinski definition) is 0. The fraction of sp³-hybridized carbons (Fsp3) is 0. The summed E-state index contributed by atoms with van der Waals surface area (Å²) >= 11 is -1.79. The summed E-state index contributed by atoms with van der Waals surface area (Å²) in [4.78, 5) is 0. The maximum absolute atomic E-state index is 6.20. The molecule has 1 aliphatic heterocycles. The van der Waals surface area contributed by atoms with Gasteiger partial charge in [-0.25, -0.2) is 0 Å². The van der Waals surface area contributed by atoms with Gasteiger partial charge in [-0.1, -0.05) is 0 Å². The molecule has 0 atom stereocenters. The van der Waals surface area contributed by atoms with Crippen molar-refractivity contribution < 1.29 is 2.73 Å². The van der Waals surface area contributed by atoms with E-state index in [1.54, 1.807) is 0 Å². The van der Waals surface area contributed by atoms with E-state index < -0.39 is 19.5 Å². The van der Waals surface area contributed by atoms with Gasteiger partial charge < -0.3 is 0 Å². The molecule has 2 heteroatoms. The fourth-order valence-corrected chi connectivity index (χ4v) is 5.49. The summed E-state index contributed by atoms with van der Waals surface area (Å²) in [5, 5.41) is 0. The summed E-state index contributed by atoms with van der Waals surface area (Å²) in [6.45, 7) is 0. The Kier molecular flexibility index (Phi) is 3.50. The number of hydrogen-bond acceptors (Lipinski definition) is 0. The van der Waals surface area contributed by atoms with Crippen LogP contribution in [-0.4, -0.2) is 19.5 Å². The predicted molar refractivity (Wildman–Crippen MR) is 76.1 cm³/mol. The van der Waals surface area contributed by atoms with Crippen LogP contribution in [0.25, 0.3) is 5.76 Å². The number of rotatable bonds is 2. The molecule has 0 aliphatic carbocycles. The Balaban J connectivity index is 1.99. The molecule has 0 amide bonds. The molecular weight excluding hydrogens is 336 g/mol. The minimum absolute atomic E-state index is 0.999. The summed E-state index contributed by atoms with van der Waals surface area (Å²) in [6, 6.07) is 20.8. The Morgan fingerprint density at radius 1 is 0.778 bits per heavy atom. The molecule has 0 N–H and O–H groups in total. The van der Waals surface area contributed by atoms with Crippen LogP contribution in [0.5, 0.6) is 0 Å². The monoisotopic (exact) mass is 351 g/mol. The Labute approximate surface area is 114 Å². The molecule has 0 fully saturated rings. The molecule has 3 rings (SSSR count). The van der Waals surface area contributed by atoms with Crippen LogP contribution < -0.4 is 3.61 Å². The van der Waals surface area contributed by atoms with E-state index in [9.17, 15) is 0 Å². The molecule has 0 radical (unpaired) electrons. The first-order chi connectivity index (χ1) is 8.93. The van der Waals surface area contributed by atoms with Crippen LogP contribution >= 0.6 is 0 Å². The van der Waals surface area contributed by atoms with Crippen LogP contribution in [0.2, 0.25) is 0 Å². The van der Waals surface area contributed by atoms with Gasteiger partial charge in [0, 0.05) is 0 Å². The predicted octanol–water partition coefficient (Wildman–Crippen LogP) is 3.00.